The van der Waals surface area contributed by atoms with Crippen LogP contribution in [-0.4, -0.2) is 63.8 Å². The minimum Gasteiger partial charge on any atom is -0.469 e. The van der Waals surface area contributed by atoms with Crippen molar-refractivity contribution in [3.63, 3.8) is 0 Å². The number of carbonyl (C=O) groups is 2. The van der Waals surface area contributed by atoms with Gasteiger partial charge in [-0.15, -0.1) is 0 Å². The average molecular weight is 384 g/mol. The monoisotopic (exact) mass is 384 g/mol. The highest BCUT2D eigenvalue weighted by Gasteiger charge is 2.24. The van der Waals surface area contributed by atoms with E-state index in [1.807, 2.05) is 13.8 Å². The molecule has 0 saturated heterocycles. The minimum absolute atomic E-state index is 0.123. The molecule has 1 unspecified atom stereocenters. The van der Waals surface area contributed by atoms with E-state index in [9.17, 15) is 18.0 Å². The lowest BCUT2D eigenvalue weighted by atomic mass is 10.1. The zero-order chi connectivity index (χ0) is 20.1. The number of hydrogen-bond acceptors (Lipinski definition) is 5. The molecule has 0 aliphatic heterocycles. The molecule has 1 rings (SSSR count). The lowest BCUT2D eigenvalue weighted by molar-refractivity contribution is -0.145. The van der Waals surface area contributed by atoms with E-state index >= 15 is 0 Å². The van der Waals surface area contributed by atoms with Gasteiger partial charge in [-0.05, 0) is 30.2 Å². The number of carbonyl (C=O) groups excluding carboxylic acids is 2. The number of amides is 1. The fourth-order valence-electron chi connectivity index (χ4n) is 2.45. The molecule has 7 nitrogen and oxygen atoms in total. The van der Waals surface area contributed by atoms with Crippen LogP contribution in [0.4, 0.5) is 0 Å². The lowest BCUT2D eigenvalue weighted by Gasteiger charge is -2.27. The van der Waals surface area contributed by atoms with Gasteiger partial charge in [-0.2, -0.15) is 0 Å². The Morgan fingerprint density at radius 2 is 1.58 bits per heavy atom. The minimum atomic E-state index is -3.54. The summed E-state index contributed by atoms with van der Waals surface area (Å²) in [6, 6.07) is 5.82. The van der Waals surface area contributed by atoms with Gasteiger partial charge in [0.05, 0.1) is 17.9 Å². The summed E-state index contributed by atoms with van der Waals surface area (Å²) in [6.07, 6.45) is 0. The molecule has 146 valence electrons. The Kier molecular flexibility index (Phi) is 7.77. The third kappa shape index (κ3) is 5.54. The number of nitrogens with zero attached hydrogens (tertiary/aromatic N) is 2. The molecule has 1 aromatic carbocycles. The zero-order valence-corrected chi connectivity index (χ0v) is 17.0. The van der Waals surface area contributed by atoms with Crippen LogP contribution in [0.3, 0.4) is 0 Å². The summed E-state index contributed by atoms with van der Waals surface area (Å²) in [6.45, 7) is 6.39. The van der Waals surface area contributed by atoms with Gasteiger partial charge in [0, 0.05) is 32.7 Å². The van der Waals surface area contributed by atoms with Crippen molar-refractivity contribution in [3.05, 3.63) is 29.8 Å². The van der Waals surface area contributed by atoms with Crippen molar-refractivity contribution in [1.29, 1.82) is 0 Å². The van der Waals surface area contributed by atoms with Crippen LogP contribution in [0.2, 0.25) is 0 Å². The van der Waals surface area contributed by atoms with Gasteiger partial charge < -0.3 is 9.64 Å². The second kappa shape index (κ2) is 9.14. The van der Waals surface area contributed by atoms with Crippen LogP contribution in [-0.2, 0) is 19.6 Å². The van der Waals surface area contributed by atoms with E-state index in [0.717, 1.165) is 4.31 Å². The van der Waals surface area contributed by atoms with Crippen LogP contribution in [0.1, 0.15) is 31.1 Å². The van der Waals surface area contributed by atoms with Gasteiger partial charge in [0.2, 0.25) is 10.0 Å². The van der Waals surface area contributed by atoms with Crippen molar-refractivity contribution < 1.29 is 22.7 Å². The molecule has 8 heteroatoms. The third-order valence-electron chi connectivity index (χ3n) is 3.85. The van der Waals surface area contributed by atoms with Gasteiger partial charge in [-0.25, -0.2) is 12.7 Å². The fraction of sp³-hybridized carbons (Fsp3) is 0.556. The van der Waals surface area contributed by atoms with Crippen LogP contribution in [0.25, 0.3) is 0 Å². The summed E-state index contributed by atoms with van der Waals surface area (Å²) >= 11 is 0. The molecule has 26 heavy (non-hydrogen) atoms. The normalized spacial score (nSPS) is 12.9. The van der Waals surface area contributed by atoms with Crippen LogP contribution >= 0.6 is 0 Å². The maximum absolute atomic E-state index is 12.8. The second-order valence-electron chi connectivity index (χ2n) is 6.84. The highest BCUT2D eigenvalue weighted by atomic mass is 32.2. The Bertz CT molecular complexity index is 726. The quantitative estimate of drug-likeness (QED) is 0.639. The van der Waals surface area contributed by atoms with Crippen LogP contribution in [0.15, 0.2) is 29.2 Å². The SMILES string of the molecule is COC(=O)C(C)CN(CC(C)C)C(=O)c1ccc(S(=O)(=O)N(C)C)cc1. The molecular weight excluding hydrogens is 356 g/mol. The van der Waals surface area contributed by atoms with Gasteiger partial charge in [-0.3, -0.25) is 9.59 Å². The third-order valence-corrected chi connectivity index (χ3v) is 5.68. The number of rotatable bonds is 8. The molecule has 0 bridgehead atoms. The molecule has 0 heterocycles. The summed E-state index contributed by atoms with van der Waals surface area (Å²) in [4.78, 5) is 26.2. The molecule has 0 aliphatic rings. The van der Waals surface area contributed by atoms with E-state index in [4.69, 9.17) is 4.74 Å². The maximum atomic E-state index is 12.8. The topological polar surface area (TPSA) is 84.0 Å². The number of esters is 1. The standard InChI is InChI=1S/C18H28N2O5S/c1-13(2)11-20(12-14(3)18(22)25-6)17(21)15-7-9-16(10-8-15)26(23,24)19(4)5/h7-10,13-14H,11-12H2,1-6H3. The Morgan fingerprint density at radius 3 is 2.00 bits per heavy atom. The molecule has 0 aromatic heterocycles. The summed E-state index contributed by atoms with van der Waals surface area (Å²) in [5.74, 6) is -0.851. The molecule has 1 aromatic rings. The molecule has 0 fully saturated rings. The highest BCUT2D eigenvalue weighted by Crippen LogP contribution is 2.16. The van der Waals surface area contributed by atoms with Gasteiger partial charge in [0.15, 0.2) is 0 Å². The molecule has 0 radical (unpaired) electrons. The first kappa shape index (κ1) is 22.1. The Labute approximate surface area is 156 Å². The Hall–Kier alpha value is -1.93. The molecule has 0 saturated carbocycles. The van der Waals surface area contributed by atoms with E-state index in [1.165, 1.54) is 45.5 Å². The van der Waals surface area contributed by atoms with E-state index in [0.29, 0.717) is 12.1 Å². The molecule has 1 amide bonds. The first-order chi connectivity index (χ1) is 12.0. The predicted molar refractivity (Wildman–Crippen MR) is 99.2 cm³/mol. The first-order valence-electron chi connectivity index (χ1n) is 8.40. The fourth-order valence-corrected chi connectivity index (χ4v) is 3.35. The summed E-state index contributed by atoms with van der Waals surface area (Å²) in [5, 5.41) is 0. The lowest BCUT2D eigenvalue weighted by Crippen LogP contribution is -2.39. The number of methoxy groups -OCH3 is 1. The number of benzene rings is 1. The summed E-state index contributed by atoms with van der Waals surface area (Å²) < 4.78 is 30.1. The van der Waals surface area contributed by atoms with Crippen molar-refractivity contribution in [1.82, 2.24) is 9.21 Å². The van der Waals surface area contributed by atoms with Crippen LogP contribution in [0.5, 0.6) is 0 Å². The van der Waals surface area contributed by atoms with Gasteiger partial charge in [-0.1, -0.05) is 20.8 Å². The summed E-state index contributed by atoms with van der Waals surface area (Å²) in [7, 11) is 0.675. The Balaban J connectivity index is 3.06. The smallest absolute Gasteiger partial charge is 0.310 e. The molecule has 1 atom stereocenters. The van der Waals surface area contributed by atoms with Gasteiger partial charge in [0.25, 0.3) is 5.91 Å². The molecule has 0 N–H and O–H groups in total. The first-order valence-corrected chi connectivity index (χ1v) is 9.84. The van der Waals surface area contributed by atoms with Crippen LogP contribution in [0, 0.1) is 11.8 Å². The zero-order valence-electron chi connectivity index (χ0n) is 16.2. The molecule has 0 spiro atoms. The van der Waals surface area contributed by atoms with E-state index < -0.39 is 15.9 Å². The van der Waals surface area contributed by atoms with Gasteiger partial charge >= 0.3 is 5.97 Å². The molecular formula is C18H28N2O5S. The second-order valence-corrected chi connectivity index (χ2v) is 8.99. The maximum Gasteiger partial charge on any atom is 0.310 e. The van der Waals surface area contributed by atoms with Gasteiger partial charge in [0.1, 0.15) is 0 Å². The van der Waals surface area contributed by atoms with Crippen molar-refractivity contribution in [3.8, 4) is 0 Å². The van der Waals surface area contributed by atoms with Crippen molar-refractivity contribution in [2.45, 2.75) is 25.7 Å². The van der Waals surface area contributed by atoms with Crippen molar-refractivity contribution in [2.24, 2.45) is 11.8 Å². The number of ether oxygens (including phenoxy) is 1. The van der Waals surface area contributed by atoms with Crippen molar-refractivity contribution in [2.75, 3.05) is 34.3 Å². The van der Waals surface area contributed by atoms with E-state index in [2.05, 4.69) is 0 Å². The number of sulfonamides is 1. The average Bonchev–Trinajstić information content (AvgIpc) is 2.59. The van der Waals surface area contributed by atoms with Crippen molar-refractivity contribution >= 4 is 21.9 Å². The molecule has 0 aliphatic carbocycles. The predicted octanol–water partition coefficient (Wildman–Crippen LogP) is 1.84. The largest absolute Gasteiger partial charge is 0.469 e. The number of hydrogen-bond donors (Lipinski definition) is 0. The van der Waals surface area contributed by atoms with E-state index in [1.54, 1.807) is 11.8 Å². The summed E-state index contributed by atoms with van der Waals surface area (Å²) in [5.41, 5.74) is 0.375. The van der Waals surface area contributed by atoms with E-state index in [-0.39, 0.29) is 29.2 Å². The Morgan fingerprint density at radius 1 is 1.04 bits per heavy atom. The highest BCUT2D eigenvalue weighted by molar-refractivity contribution is 7.89. The van der Waals surface area contributed by atoms with Crippen LogP contribution < -0.4 is 0 Å².